The first-order valence-electron chi connectivity index (χ1n) is 9.65. The highest BCUT2D eigenvalue weighted by atomic mass is 35.5. The van der Waals surface area contributed by atoms with Crippen LogP contribution < -0.4 is 5.69 Å². The quantitative estimate of drug-likeness (QED) is 0.593. The summed E-state index contributed by atoms with van der Waals surface area (Å²) in [5.41, 5.74) is 1.60. The largest absolute Gasteiger partial charge is 0.349 e. The van der Waals surface area contributed by atoms with Crippen molar-refractivity contribution in [3.05, 3.63) is 86.0 Å². The van der Waals surface area contributed by atoms with Crippen LogP contribution in [0, 0.1) is 0 Å². The SMILES string of the molecule is CC(OC1OCCN(Cc2n[nH]c(=O)[nH]2)C1c1ccccc1)c1cc(Cl)cc(Cl)c1. The predicted octanol–water partition coefficient (Wildman–Crippen LogP) is 4.08. The maximum Gasteiger partial charge on any atom is 0.340 e. The number of nitrogens with zero attached hydrogens (tertiary/aromatic N) is 2. The molecule has 2 heterocycles. The van der Waals surface area contributed by atoms with Crippen molar-refractivity contribution >= 4 is 23.2 Å². The Bertz CT molecular complexity index is 1020. The van der Waals surface area contributed by atoms with Crippen molar-refractivity contribution in [2.24, 2.45) is 0 Å². The predicted molar refractivity (Wildman–Crippen MR) is 115 cm³/mol. The molecule has 2 N–H and O–H groups in total. The van der Waals surface area contributed by atoms with Gasteiger partial charge in [-0.25, -0.2) is 9.89 Å². The smallest absolute Gasteiger partial charge is 0.340 e. The lowest BCUT2D eigenvalue weighted by Crippen LogP contribution is -2.46. The summed E-state index contributed by atoms with van der Waals surface area (Å²) in [5.74, 6) is 0.566. The molecule has 0 amide bonds. The van der Waals surface area contributed by atoms with E-state index in [4.69, 9.17) is 32.7 Å². The summed E-state index contributed by atoms with van der Waals surface area (Å²) in [6.07, 6.45) is -0.817. The molecule has 0 saturated carbocycles. The fourth-order valence-corrected chi connectivity index (χ4v) is 4.20. The molecule has 2 aromatic carbocycles. The van der Waals surface area contributed by atoms with Gasteiger partial charge in [-0.05, 0) is 36.2 Å². The molecular formula is C21H22Cl2N4O3. The number of ether oxygens (including phenoxy) is 2. The van der Waals surface area contributed by atoms with E-state index in [1.54, 1.807) is 6.07 Å². The number of nitrogens with one attached hydrogen (secondary N) is 2. The molecule has 0 aliphatic carbocycles. The molecule has 1 fully saturated rings. The number of benzene rings is 2. The lowest BCUT2D eigenvalue weighted by molar-refractivity contribution is -0.231. The third-order valence-electron chi connectivity index (χ3n) is 5.05. The molecule has 1 aliphatic rings. The van der Waals surface area contributed by atoms with Crippen LogP contribution in [0.1, 0.15) is 36.0 Å². The number of hydrogen-bond acceptors (Lipinski definition) is 5. The first-order valence-corrected chi connectivity index (χ1v) is 10.4. The van der Waals surface area contributed by atoms with Crippen LogP contribution in [0.3, 0.4) is 0 Å². The van der Waals surface area contributed by atoms with Crippen LogP contribution in [0.4, 0.5) is 0 Å². The molecule has 3 unspecified atom stereocenters. The fraction of sp³-hybridized carbons (Fsp3) is 0.333. The zero-order chi connectivity index (χ0) is 21.1. The Morgan fingerprint density at radius 3 is 2.63 bits per heavy atom. The molecule has 3 aromatic rings. The van der Waals surface area contributed by atoms with E-state index >= 15 is 0 Å². The molecule has 1 aromatic heterocycles. The van der Waals surface area contributed by atoms with Crippen LogP contribution >= 0.6 is 23.2 Å². The molecule has 158 valence electrons. The lowest BCUT2D eigenvalue weighted by Gasteiger charge is -2.41. The molecule has 7 nitrogen and oxygen atoms in total. The monoisotopic (exact) mass is 448 g/mol. The zero-order valence-electron chi connectivity index (χ0n) is 16.3. The molecule has 1 aliphatic heterocycles. The Morgan fingerprint density at radius 2 is 1.97 bits per heavy atom. The number of H-pyrrole nitrogens is 2. The highest BCUT2D eigenvalue weighted by molar-refractivity contribution is 6.34. The van der Waals surface area contributed by atoms with E-state index in [1.165, 1.54) is 0 Å². The summed E-state index contributed by atoms with van der Waals surface area (Å²) in [5, 5.41) is 7.57. The van der Waals surface area contributed by atoms with Gasteiger partial charge in [-0.2, -0.15) is 5.10 Å². The first-order chi connectivity index (χ1) is 14.5. The van der Waals surface area contributed by atoms with E-state index in [2.05, 4.69) is 20.1 Å². The number of hydrogen-bond donors (Lipinski definition) is 2. The second-order valence-electron chi connectivity index (χ2n) is 7.17. The molecule has 0 bridgehead atoms. The van der Waals surface area contributed by atoms with Crippen LogP contribution in [0.5, 0.6) is 0 Å². The van der Waals surface area contributed by atoms with Crippen LogP contribution in [-0.2, 0) is 16.0 Å². The number of morpholine rings is 1. The molecule has 0 radical (unpaired) electrons. The Balaban J connectivity index is 1.60. The summed E-state index contributed by atoms with van der Waals surface area (Å²) in [4.78, 5) is 16.3. The summed E-state index contributed by atoms with van der Waals surface area (Å²) in [7, 11) is 0. The van der Waals surface area contributed by atoms with Gasteiger partial charge < -0.3 is 9.47 Å². The average molecular weight is 449 g/mol. The van der Waals surface area contributed by atoms with Crippen molar-refractivity contribution in [3.63, 3.8) is 0 Å². The van der Waals surface area contributed by atoms with Gasteiger partial charge in [0.2, 0.25) is 0 Å². The van der Waals surface area contributed by atoms with Crippen molar-refractivity contribution in [2.75, 3.05) is 13.2 Å². The normalized spacial score (nSPS) is 20.9. The standard InChI is InChI=1S/C21H22Cl2N4O3/c1-13(15-9-16(22)11-17(23)10-15)30-20-19(14-5-3-2-4-6-14)27(7-8-29-20)12-18-24-21(28)26-25-18/h2-6,9-11,13,19-20H,7-8,12H2,1H3,(H2,24,25,26,28). The Hall–Kier alpha value is -2.16. The van der Waals surface area contributed by atoms with E-state index in [0.717, 1.165) is 11.1 Å². The number of aromatic nitrogens is 3. The van der Waals surface area contributed by atoms with Gasteiger partial charge in [-0.1, -0.05) is 53.5 Å². The topological polar surface area (TPSA) is 83.2 Å². The van der Waals surface area contributed by atoms with Gasteiger partial charge in [0.15, 0.2) is 6.29 Å². The summed E-state index contributed by atoms with van der Waals surface area (Å²) in [6.45, 7) is 3.56. The fourth-order valence-electron chi connectivity index (χ4n) is 3.66. The van der Waals surface area contributed by atoms with Crippen LogP contribution in [0.15, 0.2) is 53.3 Å². The van der Waals surface area contributed by atoms with Gasteiger partial charge in [0.05, 0.1) is 25.3 Å². The minimum absolute atomic E-state index is 0.183. The molecule has 4 rings (SSSR count). The van der Waals surface area contributed by atoms with E-state index in [1.807, 2.05) is 49.4 Å². The molecule has 0 spiro atoms. The van der Waals surface area contributed by atoms with Gasteiger partial charge in [0.1, 0.15) is 5.82 Å². The minimum Gasteiger partial charge on any atom is -0.349 e. The van der Waals surface area contributed by atoms with Crippen molar-refractivity contribution < 1.29 is 9.47 Å². The number of halogens is 2. The second-order valence-corrected chi connectivity index (χ2v) is 8.04. The van der Waals surface area contributed by atoms with Gasteiger partial charge in [-0.15, -0.1) is 0 Å². The molecule has 9 heteroatoms. The Kier molecular flexibility index (Phi) is 6.55. The van der Waals surface area contributed by atoms with E-state index in [0.29, 0.717) is 35.6 Å². The Morgan fingerprint density at radius 1 is 1.23 bits per heavy atom. The zero-order valence-corrected chi connectivity index (χ0v) is 17.9. The van der Waals surface area contributed by atoms with Crippen molar-refractivity contribution in [1.82, 2.24) is 20.1 Å². The van der Waals surface area contributed by atoms with E-state index in [-0.39, 0.29) is 17.8 Å². The third kappa shape index (κ3) is 4.94. The van der Waals surface area contributed by atoms with Crippen molar-refractivity contribution in [2.45, 2.75) is 31.9 Å². The van der Waals surface area contributed by atoms with E-state index in [9.17, 15) is 4.79 Å². The molecular weight excluding hydrogens is 427 g/mol. The summed E-state index contributed by atoms with van der Waals surface area (Å²) >= 11 is 12.3. The van der Waals surface area contributed by atoms with Gasteiger partial charge in [-0.3, -0.25) is 9.88 Å². The van der Waals surface area contributed by atoms with Gasteiger partial charge >= 0.3 is 5.69 Å². The maximum absolute atomic E-state index is 11.4. The molecule has 3 atom stereocenters. The van der Waals surface area contributed by atoms with Gasteiger partial charge in [0, 0.05) is 16.6 Å². The van der Waals surface area contributed by atoms with Crippen molar-refractivity contribution in [1.29, 1.82) is 0 Å². The van der Waals surface area contributed by atoms with Crippen LogP contribution in [0.25, 0.3) is 0 Å². The Labute approximate surface area is 183 Å². The summed E-state index contributed by atoms with van der Waals surface area (Å²) < 4.78 is 12.4. The summed E-state index contributed by atoms with van der Waals surface area (Å²) in [6, 6.07) is 15.2. The molecule has 1 saturated heterocycles. The average Bonchev–Trinajstić information content (AvgIpc) is 3.13. The highest BCUT2D eigenvalue weighted by Crippen LogP contribution is 2.35. The lowest BCUT2D eigenvalue weighted by atomic mass is 10.0. The van der Waals surface area contributed by atoms with Crippen LogP contribution in [0.2, 0.25) is 10.0 Å². The van der Waals surface area contributed by atoms with Crippen molar-refractivity contribution in [3.8, 4) is 0 Å². The van der Waals surface area contributed by atoms with Crippen LogP contribution in [-0.4, -0.2) is 39.5 Å². The first kappa shape index (κ1) is 21.1. The number of aromatic amines is 2. The minimum atomic E-state index is -0.528. The maximum atomic E-state index is 11.4. The third-order valence-corrected chi connectivity index (χ3v) is 5.48. The molecule has 30 heavy (non-hydrogen) atoms. The highest BCUT2D eigenvalue weighted by Gasteiger charge is 2.36. The van der Waals surface area contributed by atoms with E-state index < -0.39 is 6.29 Å². The van der Waals surface area contributed by atoms with Gasteiger partial charge in [0.25, 0.3) is 0 Å². The second kappa shape index (κ2) is 9.32. The number of rotatable bonds is 6.